The molecule has 0 aliphatic heterocycles. The van der Waals surface area contributed by atoms with E-state index in [4.69, 9.17) is 26.1 Å². The van der Waals surface area contributed by atoms with Gasteiger partial charge in [-0.25, -0.2) is 4.98 Å². The Kier molecular flexibility index (Phi) is 6.42. The third-order valence-electron chi connectivity index (χ3n) is 6.16. The van der Waals surface area contributed by atoms with E-state index in [0.717, 1.165) is 53.7 Å². The van der Waals surface area contributed by atoms with Gasteiger partial charge in [0.1, 0.15) is 5.15 Å². The number of anilines is 3. The van der Waals surface area contributed by atoms with Crippen LogP contribution in [0.1, 0.15) is 34.5 Å². The van der Waals surface area contributed by atoms with Crippen LogP contribution in [0.2, 0.25) is 5.15 Å². The van der Waals surface area contributed by atoms with E-state index in [-0.39, 0.29) is 5.91 Å². The van der Waals surface area contributed by atoms with Gasteiger partial charge in [-0.15, -0.1) is 0 Å². The van der Waals surface area contributed by atoms with E-state index in [9.17, 15) is 4.79 Å². The number of halogens is 1. The third-order valence-corrected chi connectivity index (χ3v) is 6.39. The molecule has 0 saturated heterocycles. The number of nitrogens with one attached hydrogen (secondary N) is 2. The second-order valence-corrected chi connectivity index (χ2v) is 8.76. The summed E-state index contributed by atoms with van der Waals surface area (Å²) in [6.07, 6.45) is 5.60. The van der Waals surface area contributed by atoms with Gasteiger partial charge in [-0.05, 0) is 73.7 Å². The van der Waals surface area contributed by atoms with Gasteiger partial charge in [-0.1, -0.05) is 11.6 Å². The van der Waals surface area contributed by atoms with Crippen molar-refractivity contribution in [2.75, 3.05) is 24.9 Å². The predicted octanol–water partition coefficient (Wildman–Crippen LogP) is 6.18. The van der Waals surface area contributed by atoms with Crippen molar-refractivity contribution in [1.29, 1.82) is 0 Å². The Labute approximate surface area is 208 Å². The first-order valence-electron chi connectivity index (χ1n) is 11.4. The molecule has 5 rings (SSSR count). The van der Waals surface area contributed by atoms with Crippen molar-refractivity contribution >= 4 is 45.5 Å². The predicted molar refractivity (Wildman–Crippen MR) is 138 cm³/mol. The number of methoxy groups -OCH3 is 2. The summed E-state index contributed by atoms with van der Waals surface area (Å²) >= 11 is 5.85. The number of carbonyl (C=O) groups is 1. The van der Waals surface area contributed by atoms with Crippen LogP contribution >= 0.6 is 11.6 Å². The molecule has 0 fully saturated rings. The SMILES string of the molecule is COc1ccc(Nc2c3c(nc4ccc(NC(=O)c5ccc(Cl)nc5)cc24)CCCC3)cc1OC. The van der Waals surface area contributed by atoms with Crippen LogP contribution in [0, 0.1) is 0 Å². The Bertz CT molecular complexity index is 1410. The first kappa shape index (κ1) is 22.9. The standard InChI is InChI=1S/C27H25ClN4O3/c1-34-23-11-9-18(14-24(23)35-2)30-26-19-5-3-4-6-21(19)32-22-10-8-17(13-20(22)26)31-27(33)16-7-12-25(28)29-15-16/h7-15H,3-6H2,1-2H3,(H,30,32)(H,31,33). The summed E-state index contributed by atoms with van der Waals surface area (Å²) in [6.45, 7) is 0. The maximum absolute atomic E-state index is 12.7. The normalized spacial score (nSPS) is 12.7. The summed E-state index contributed by atoms with van der Waals surface area (Å²) < 4.78 is 10.9. The number of aromatic nitrogens is 2. The van der Waals surface area contributed by atoms with Gasteiger partial charge < -0.3 is 20.1 Å². The van der Waals surface area contributed by atoms with Crippen molar-refractivity contribution in [3.05, 3.63) is 76.7 Å². The van der Waals surface area contributed by atoms with Gasteiger partial charge in [0.15, 0.2) is 11.5 Å². The number of aryl methyl sites for hydroxylation is 1. The first-order chi connectivity index (χ1) is 17.1. The van der Waals surface area contributed by atoms with Crippen LogP contribution in [0.4, 0.5) is 17.1 Å². The maximum Gasteiger partial charge on any atom is 0.257 e. The number of carbonyl (C=O) groups excluding carboxylic acids is 1. The molecule has 2 N–H and O–H groups in total. The van der Waals surface area contributed by atoms with Gasteiger partial charge in [0, 0.05) is 34.7 Å². The number of nitrogens with zero attached hydrogens (tertiary/aromatic N) is 2. The van der Waals surface area contributed by atoms with E-state index < -0.39 is 0 Å². The number of pyridine rings is 2. The topological polar surface area (TPSA) is 85.4 Å². The van der Waals surface area contributed by atoms with E-state index in [1.165, 1.54) is 11.8 Å². The molecular weight excluding hydrogens is 464 g/mol. The van der Waals surface area contributed by atoms with Crippen LogP contribution in [0.3, 0.4) is 0 Å². The highest BCUT2D eigenvalue weighted by molar-refractivity contribution is 6.29. The summed E-state index contributed by atoms with van der Waals surface area (Å²) in [5.41, 5.74) is 6.19. The molecule has 1 aliphatic carbocycles. The van der Waals surface area contributed by atoms with E-state index in [1.807, 2.05) is 36.4 Å². The highest BCUT2D eigenvalue weighted by atomic mass is 35.5. The second-order valence-electron chi connectivity index (χ2n) is 8.37. The van der Waals surface area contributed by atoms with Crippen LogP contribution in [0.5, 0.6) is 11.5 Å². The third kappa shape index (κ3) is 4.72. The molecule has 1 amide bonds. The molecule has 1 aliphatic rings. The van der Waals surface area contributed by atoms with Crippen molar-refractivity contribution < 1.29 is 14.3 Å². The molecule has 0 saturated carbocycles. The monoisotopic (exact) mass is 488 g/mol. The van der Waals surface area contributed by atoms with Crippen LogP contribution in [-0.2, 0) is 12.8 Å². The molecule has 2 aromatic carbocycles. The fraction of sp³-hybridized carbons (Fsp3) is 0.222. The average molecular weight is 489 g/mol. The number of fused-ring (bicyclic) bond motifs is 2. The number of rotatable bonds is 6. The molecule has 4 aromatic rings. The zero-order valence-corrected chi connectivity index (χ0v) is 20.3. The van der Waals surface area contributed by atoms with Crippen molar-refractivity contribution in [2.45, 2.75) is 25.7 Å². The highest BCUT2D eigenvalue weighted by Gasteiger charge is 2.20. The lowest BCUT2D eigenvalue weighted by atomic mass is 9.92. The largest absolute Gasteiger partial charge is 0.493 e. The lowest BCUT2D eigenvalue weighted by Gasteiger charge is -2.22. The number of benzene rings is 2. The summed E-state index contributed by atoms with van der Waals surface area (Å²) in [5, 5.41) is 7.85. The van der Waals surface area contributed by atoms with Gasteiger partial charge >= 0.3 is 0 Å². The van der Waals surface area contributed by atoms with Gasteiger partial charge in [0.25, 0.3) is 5.91 Å². The smallest absolute Gasteiger partial charge is 0.257 e. The molecule has 7 nitrogen and oxygen atoms in total. The number of hydrogen-bond acceptors (Lipinski definition) is 6. The van der Waals surface area contributed by atoms with E-state index in [0.29, 0.717) is 27.9 Å². The molecule has 0 radical (unpaired) electrons. The number of amides is 1. The molecule has 8 heteroatoms. The highest BCUT2D eigenvalue weighted by Crippen LogP contribution is 2.38. The van der Waals surface area contributed by atoms with E-state index in [2.05, 4.69) is 15.6 Å². The Morgan fingerprint density at radius 1 is 0.943 bits per heavy atom. The fourth-order valence-electron chi connectivity index (χ4n) is 4.42. The van der Waals surface area contributed by atoms with Gasteiger partial charge in [-0.3, -0.25) is 9.78 Å². The van der Waals surface area contributed by atoms with Crippen molar-refractivity contribution in [3.63, 3.8) is 0 Å². The van der Waals surface area contributed by atoms with Crippen LogP contribution in [0.25, 0.3) is 10.9 Å². The van der Waals surface area contributed by atoms with E-state index in [1.54, 1.807) is 26.4 Å². The fourth-order valence-corrected chi connectivity index (χ4v) is 4.53. The van der Waals surface area contributed by atoms with Crippen molar-refractivity contribution in [2.24, 2.45) is 0 Å². The Morgan fingerprint density at radius 2 is 1.74 bits per heavy atom. The summed E-state index contributed by atoms with van der Waals surface area (Å²) in [7, 11) is 3.24. The number of hydrogen-bond donors (Lipinski definition) is 2. The van der Waals surface area contributed by atoms with Crippen molar-refractivity contribution in [3.8, 4) is 11.5 Å². The average Bonchev–Trinajstić information content (AvgIpc) is 2.89. The summed E-state index contributed by atoms with van der Waals surface area (Å²) in [4.78, 5) is 21.7. The Hall–Kier alpha value is -3.84. The van der Waals surface area contributed by atoms with Crippen LogP contribution < -0.4 is 20.1 Å². The lowest BCUT2D eigenvalue weighted by Crippen LogP contribution is -2.13. The van der Waals surface area contributed by atoms with Crippen LogP contribution in [-0.4, -0.2) is 30.1 Å². The number of ether oxygens (including phenoxy) is 2. The zero-order valence-electron chi connectivity index (χ0n) is 19.5. The molecule has 0 spiro atoms. The minimum Gasteiger partial charge on any atom is -0.493 e. The molecule has 0 atom stereocenters. The summed E-state index contributed by atoms with van der Waals surface area (Å²) in [6, 6.07) is 14.8. The van der Waals surface area contributed by atoms with Gasteiger partial charge in [0.2, 0.25) is 0 Å². The van der Waals surface area contributed by atoms with Gasteiger partial charge in [0.05, 0.1) is 31.0 Å². The lowest BCUT2D eigenvalue weighted by molar-refractivity contribution is 0.102. The molecule has 178 valence electrons. The molecule has 35 heavy (non-hydrogen) atoms. The quantitative estimate of drug-likeness (QED) is 0.315. The molecule has 0 unspecified atom stereocenters. The molecule has 2 heterocycles. The molecular formula is C27H25ClN4O3. The van der Waals surface area contributed by atoms with E-state index >= 15 is 0 Å². The first-order valence-corrected chi connectivity index (χ1v) is 11.8. The Balaban J connectivity index is 1.55. The van der Waals surface area contributed by atoms with Gasteiger partial charge in [-0.2, -0.15) is 0 Å². The zero-order chi connectivity index (χ0) is 24.4. The minimum absolute atomic E-state index is 0.256. The second kappa shape index (κ2) is 9.80. The summed E-state index contributed by atoms with van der Waals surface area (Å²) in [5.74, 6) is 1.06. The Morgan fingerprint density at radius 3 is 2.51 bits per heavy atom. The molecule has 2 aromatic heterocycles. The van der Waals surface area contributed by atoms with Crippen LogP contribution in [0.15, 0.2) is 54.7 Å². The molecule has 0 bridgehead atoms. The van der Waals surface area contributed by atoms with Crippen molar-refractivity contribution in [1.82, 2.24) is 9.97 Å². The maximum atomic E-state index is 12.7. The minimum atomic E-state index is -0.256.